The van der Waals surface area contributed by atoms with E-state index in [-0.39, 0.29) is 11.9 Å². The van der Waals surface area contributed by atoms with Gasteiger partial charge in [0.2, 0.25) is 5.91 Å². The first kappa shape index (κ1) is 16.7. The molecule has 2 atom stereocenters. The van der Waals surface area contributed by atoms with Crippen LogP contribution in [-0.2, 0) is 10.2 Å². The predicted octanol–water partition coefficient (Wildman–Crippen LogP) is 3.41. The van der Waals surface area contributed by atoms with Gasteiger partial charge in [0.25, 0.3) is 0 Å². The normalized spacial score (nSPS) is 21.2. The quantitative estimate of drug-likeness (QED) is 0.906. The second kappa shape index (κ2) is 7.18. The second-order valence-corrected chi connectivity index (χ2v) is 6.79. The second-order valence-electron chi connectivity index (χ2n) is 6.79. The maximum atomic E-state index is 13.3. The first-order chi connectivity index (χ1) is 11.6. The summed E-state index contributed by atoms with van der Waals surface area (Å²) in [6.45, 7) is 1.96. The summed E-state index contributed by atoms with van der Waals surface area (Å²) in [5, 5.41) is 13.3. The number of carbonyl (C=O) groups excluding carboxylic acids is 1. The molecule has 0 aromatic heterocycles. The number of rotatable bonds is 4. The molecule has 0 bridgehead atoms. The number of carbonyl (C=O) groups is 1. The minimum atomic E-state index is -0.778. The summed E-state index contributed by atoms with van der Waals surface area (Å²) in [4.78, 5) is 13.3. The zero-order valence-corrected chi connectivity index (χ0v) is 14.1. The van der Waals surface area contributed by atoms with Gasteiger partial charge < -0.3 is 10.4 Å². The molecule has 0 radical (unpaired) electrons. The standard InChI is InChI=1S/C21H25NO2/c1-21(16-10-4-2-5-11-16,17-12-6-3-7-13-17)20(24)22-18-14-8-9-15-19(18)23/h2-7,10-13,18-19,23H,8-9,14-15H2,1H3,(H,22,24). The Labute approximate surface area is 143 Å². The Balaban J connectivity index is 1.94. The van der Waals surface area contributed by atoms with Crippen LogP contribution >= 0.6 is 0 Å². The van der Waals surface area contributed by atoms with Gasteiger partial charge in [-0.2, -0.15) is 0 Å². The minimum Gasteiger partial charge on any atom is -0.391 e. The van der Waals surface area contributed by atoms with Crippen molar-refractivity contribution >= 4 is 5.91 Å². The first-order valence-electron chi connectivity index (χ1n) is 8.72. The fourth-order valence-corrected chi connectivity index (χ4v) is 3.56. The Morgan fingerprint density at radius 3 is 1.96 bits per heavy atom. The highest BCUT2D eigenvalue weighted by molar-refractivity contribution is 5.91. The summed E-state index contributed by atoms with van der Waals surface area (Å²) in [6.07, 6.45) is 3.24. The lowest BCUT2D eigenvalue weighted by Gasteiger charge is -2.34. The lowest BCUT2D eigenvalue weighted by atomic mass is 9.75. The van der Waals surface area contributed by atoms with Gasteiger partial charge in [-0.25, -0.2) is 0 Å². The monoisotopic (exact) mass is 323 g/mol. The third-order valence-electron chi connectivity index (χ3n) is 5.20. The summed E-state index contributed by atoms with van der Waals surface area (Å²) in [7, 11) is 0. The summed E-state index contributed by atoms with van der Waals surface area (Å²) in [5.41, 5.74) is 1.14. The van der Waals surface area contributed by atoms with Crippen molar-refractivity contribution in [1.29, 1.82) is 0 Å². The van der Waals surface area contributed by atoms with Crippen molar-refractivity contribution in [3.63, 3.8) is 0 Å². The summed E-state index contributed by atoms with van der Waals surface area (Å²) < 4.78 is 0. The lowest BCUT2D eigenvalue weighted by molar-refractivity contribution is -0.126. The Morgan fingerprint density at radius 1 is 0.958 bits per heavy atom. The van der Waals surface area contributed by atoms with E-state index in [1.54, 1.807) is 0 Å². The van der Waals surface area contributed by atoms with E-state index in [9.17, 15) is 9.90 Å². The molecular weight excluding hydrogens is 298 g/mol. The van der Waals surface area contributed by atoms with Crippen molar-refractivity contribution in [2.45, 2.75) is 50.2 Å². The molecule has 0 saturated heterocycles. The number of amides is 1. The van der Waals surface area contributed by atoms with Crippen LogP contribution in [0, 0.1) is 0 Å². The van der Waals surface area contributed by atoms with Crippen LogP contribution in [0.2, 0.25) is 0 Å². The van der Waals surface area contributed by atoms with Crippen LogP contribution in [0.15, 0.2) is 60.7 Å². The maximum Gasteiger partial charge on any atom is 0.235 e. The fraction of sp³-hybridized carbons (Fsp3) is 0.381. The smallest absolute Gasteiger partial charge is 0.235 e. The molecule has 1 fully saturated rings. The van der Waals surface area contributed by atoms with Crippen molar-refractivity contribution in [2.24, 2.45) is 0 Å². The van der Waals surface area contributed by atoms with Crippen LogP contribution in [0.25, 0.3) is 0 Å². The molecule has 3 heteroatoms. The molecule has 3 rings (SSSR count). The Kier molecular flexibility index (Phi) is 5.00. The van der Waals surface area contributed by atoms with Crippen molar-refractivity contribution < 1.29 is 9.90 Å². The highest BCUT2D eigenvalue weighted by atomic mass is 16.3. The highest BCUT2D eigenvalue weighted by Gasteiger charge is 2.39. The van der Waals surface area contributed by atoms with Gasteiger partial charge >= 0.3 is 0 Å². The van der Waals surface area contributed by atoms with Crippen molar-refractivity contribution in [3.8, 4) is 0 Å². The van der Waals surface area contributed by atoms with Gasteiger partial charge in [-0.3, -0.25) is 4.79 Å². The molecule has 1 amide bonds. The number of hydrogen-bond acceptors (Lipinski definition) is 2. The Bertz CT molecular complexity index is 629. The van der Waals surface area contributed by atoms with Crippen molar-refractivity contribution in [3.05, 3.63) is 71.8 Å². The largest absolute Gasteiger partial charge is 0.391 e. The van der Waals surface area contributed by atoms with Crippen LogP contribution in [0.5, 0.6) is 0 Å². The van der Waals surface area contributed by atoms with E-state index in [1.807, 2.05) is 67.6 Å². The van der Waals surface area contributed by atoms with Crippen molar-refractivity contribution in [2.75, 3.05) is 0 Å². The molecule has 1 saturated carbocycles. The molecule has 24 heavy (non-hydrogen) atoms. The molecule has 0 aliphatic heterocycles. The molecule has 0 spiro atoms. The molecular formula is C21H25NO2. The fourth-order valence-electron chi connectivity index (χ4n) is 3.56. The molecule has 0 heterocycles. The number of aliphatic hydroxyl groups excluding tert-OH is 1. The number of aliphatic hydroxyl groups is 1. The number of nitrogens with one attached hydrogen (secondary N) is 1. The van der Waals surface area contributed by atoms with Gasteiger partial charge in [0.05, 0.1) is 17.6 Å². The van der Waals surface area contributed by atoms with E-state index in [1.165, 1.54) is 0 Å². The van der Waals surface area contributed by atoms with Crippen LogP contribution in [0.4, 0.5) is 0 Å². The minimum absolute atomic E-state index is 0.0501. The third-order valence-corrected chi connectivity index (χ3v) is 5.20. The van der Waals surface area contributed by atoms with Crippen LogP contribution in [0.3, 0.4) is 0 Å². The summed E-state index contributed by atoms with van der Waals surface area (Å²) in [6, 6.07) is 19.5. The zero-order valence-electron chi connectivity index (χ0n) is 14.1. The van der Waals surface area contributed by atoms with E-state index in [2.05, 4.69) is 5.32 Å². The van der Waals surface area contributed by atoms with Crippen molar-refractivity contribution in [1.82, 2.24) is 5.32 Å². The highest BCUT2D eigenvalue weighted by Crippen LogP contribution is 2.33. The van der Waals surface area contributed by atoms with E-state index >= 15 is 0 Å². The van der Waals surface area contributed by atoms with Gasteiger partial charge in [0, 0.05) is 0 Å². The SMILES string of the molecule is CC(C(=O)NC1CCCCC1O)(c1ccccc1)c1ccccc1. The third kappa shape index (κ3) is 3.22. The molecule has 3 nitrogen and oxygen atoms in total. The molecule has 1 aliphatic carbocycles. The average Bonchev–Trinajstić information content (AvgIpc) is 2.64. The maximum absolute atomic E-state index is 13.3. The van der Waals surface area contributed by atoms with Gasteiger partial charge in [-0.1, -0.05) is 73.5 Å². The Hall–Kier alpha value is -2.13. The van der Waals surface area contributed by atoms with E-state index < -0.39 is 11.5 Å². The topological polar surface area (TPSA) is 49.3 Å². The molecule has 2 N–H and O–H groups in total. The molecule has 1 aliphatic rings. The van der Waals surface area contributed by atoms with Gasteiger partial charge in [-0.15, -0.1) is 0 Å². The summed E-state index contributed by atoms with van der Waals surface area (Å²) >= 11 is 0. The zero-order chi connectivity index (χ0) is 17.0. The number of hydrogen-bond donors (Lipinski definition) is 2. The molecule has 126 valence electrons. The van der Waals surface area contributed by atoms with Gasteiger partial charge in [0.1, 0.15) is 0 Å². The predicted molar refractivity (Wildman–Crippen MR) is 95.7 cm³/mol. The average molecular weight is 323 g/mol. The van der Waals surface area contributed by atoms with Crippen LogP contribution < -0.4 is 5.32 Å². The van der Waals surface area contributed by atoms with E-state index in [4.69, 9.17) is 0 Å². The van der Waals surface area contributed by atoms with E-state index in [0.29, 0.717) is 0 Å². The lowest BCUT2D eigenvalue weighted by Crippen LogP contribution is -2.52. The summed E-state index contributed by atoms with van der Waals surface area (Å²) in [5.74, 6) is -0.0501. The van der Waals surface area contributed by atoms with Gasteiger partial charge in [-0.05, 0) is 30.9 Å². The number of benzene rings is 2. The Morgan fingerprint density at radius 2 is 1.46 bits per heavy atom. The molecule has 2 aromatic carbocycles. The first-order valence-corrected chi connectivity index (χ1v) is 8.72. The van der Waals surface area contributed by atoms with Crippen LogP contribution in [-0.4, -0.2) is 23.2 Å². The molecule has 2 aromatic rings. The van der Waals surface area contributed by atoms with Gasteiger partial charge in [0.15, 0.2) is 0 Å². The van der Waals surface area contributed by atoms with E-state index in [0.717, 1.165) is 36.8 Å². The molecule has 2 unspecified atom stereocenters. The van der Waals surface area contributed by atoms with Crippen LogP contribution in [0.1, 0.15) is 43.7 Å².